The highest BCUT2D eigenvalue weighted by molar-refractivity contribution is 5.26. The Kier molecular flexibility index (Phi) is 9.82. The average molecular weight is 297 g/mol. The summed E-state index contributed by atoms with van der Waals surface area (Å²) in [6.07, 6.45) is 0.399. The Bertz CT molecular complexity index is 356. The minimum absolute atomic E-state index is 0.292. The first kappa shape index (κ1) is 17.9. The van der Waals surface area contributed by atoms with Crippen LogP contribution < -0.4 is 10.1 Å². The van der Waals surface area contributed by atoms with Crippen LogP contribution in [0.2, 0.25) is 0 Å². The molecule has 5 nitrogen and oxygen atoms in total. The van der Waals surface area contributed by atoms with E-state index >= 15 is 0 Å². The molecule has 0 aliphatic heterocycles. The van der Waals surface area contributed by atoms with Gasteiger partial charge in [0.15, 0.2) is 0 Å². The van der Waals surface area contributed by atoms with Gasteiger partial charge in [0.1, 0.15) is 18.5 Å². The van der Waals surface area contributed by atoms with Crippen LogP contribution in [0.1, 0.15) is 12.0 Å². The molecule has 0 saturated carbocycles. The van der Waals surface area contributed by atoms with Crippen LogP contribution in [-0.4, -0.2) is 57.8 Å². The molecule has 0 aliphatic rings. The maximum absolute atomic E-state index is 9.80. The second-order valence-electron chi connectivity index (χ2n) is 4.94. The molecule has 1 aromatic carbocycles. The van der Waals surface area contributed by atoms with Crippen molar-refractivity contribution in [1.29, 1.82) is 0 Å². The van der Waals surface area contributed by atoms with Crippen molar-refractivity contribution in [2.45, 2.75) is 19.4 Å². The first-order valence-corrected chi connectivity index (χ1v) is 7.37. The van der Waals surface area contributed by atoms with E-state index in [-0.39, 0.29) is 0 Å². The van der Waals surface area contributed by atoms with E-state index in [0.29, 0.717) is 33.0 Å². The summed E-state index contributed by atoms with van der Waals surface area (Å²) >= 11 is 0. The number of benzene rings is 1. The van der Waals surface area contributed by atoms with Gasteiger partial charge in [-0.15, -0.1) is 0 Å². The zero-order valence-corrected chi connectivity index (χ0v) is 13.0. The standard InChI is InChI=1S/C16H27NO4/c1-14-4-6-16(7-5-14)21-13-15(18)12-17-8-3-9-20-11-10-19-2/h4-7,15,17-18H,3,8-13H2,1-2H3. The molecule has 21 heavy (non-hydrogen) atoms. The van der Waals surface area contributed by atoms with Crippen molar-refractivity contribution < 1.29 is 19.3 Å². The quantitative estimate of drug-likeness (QED) is 0.571. The Morgan fingerprint density at radius 2 is 1.90 bits per heavy atom. The maximum Gasteiger partial charge on any atom is 0.119 e. The van der Waals surface area contributed by atoms with E-state index in [1.807, 2.05) is 31.2 Å². The number of ether oxygens (including phenoxy) is 3. The lowest BCUT2D eigenvalue weighted by Crippen LogP contribution is -2.32. The molecule has 0 radical (unpaired) electrons. The van der Waals surface area contributed by atoms with Crippen LogP contribution in [-0.2, 0) is 9.47 Å². The van der Waals surface area contributed by atoms with Gasteiger partial charge in [0.25, 0.3) is 0 Å². The minimum atomic E-state index is -0.513. The zero-order chi connectivity index (χ0) is 15.3. The van der Waals surface area contributed by atoms with Crippen molar-refractivity contribution in [3.05, 3.63) is 29.8 Å². The summed E-state index contributed by atoms with van der Waals surface area (Å²) in [7, 11) is 1.66. The van der Waals surface area contributed by atoms with Crippen molar-refractivity contribution in [3.63, 3.8) is 0 Å². The predicted octanol–water partition coefficient (Wildman–Crippen LogP) is 1.38. The van der Waals surface area contributed by atoms with Crippen LogP contribution in [0.25, 0.3) is 0 Å². The Hall–Kier alpha value is -1.14. The highest BCUT2D eigenvalue weighted by atomic mass is 16.5. The maximum atomic E-state index is 9.80. The summed E-state index contributed by atoms with van der Waals surface area (Å²) in [5.74, 6) is 0.784. The molecule has 120 valence electrons. The summed E-state index contributed by atoms with van der Waals surface area (Å²) in [5, 5.41) is 13.0. The summed E-state index contributed by atoms with van der Waals surface area (Å²) in [4.78, 5) is 0. The molecule has 0 saturated heterocycles. The Morgan fingerprint density at radius 1 is 1.14 bits per heavy atom. The second-order valence-corrected chi connectivity index (χ2v) is 4.94. The number of hydrogen-bond acceptors (Lipinski definition) is 5. The third kappa shape index (κ3) is 9.42. The number of aryl methyl sites for hydroxylation is 1. The van der Waals surface area contributed by atoms with Crippen LogP contribution in [0.4, 0.5) is 0 Å². The molecule has 0 aliphatic carbocycles. The molecule has 0 heterocycles. The molecule has 2 N–H and O–H groups in total. The van der Waals surface area contributed by atoms with Gasteiger partial charge in [0.2, 0.25) is 0 Å². The van der Waals surface area contributed by atoms with Gasteiger partial charge in [-0.1, -0.05) is 17.7 Å². The number of aliphatic hydroxyl groups excluding tert-OH is 1. The molecular weight excluding hydrogens is 270 g/mol. The largest absolute Gasteiger partial charge is 0.491 e. The first-order chi connectivity index (χ1) is 10.2. The van der Waals surface area contributed by atoms with Gasteiger partial charge in [0.05, 0.1) is 13.2 Å². The van der Waals surface area contributed by atoms with Crippen LogP contribution in [0.3, 0.4) is 0 Å². The summed E-state index contributed by atoms with van der Waals surface area (Å²) in [6.45, 7) is 5.61. The van der Waals surface area contributed by atoms with Crippen molar-refractivity contribution in [2.75, 3.05) is 46.6 Å². The lowest BCUT2D eigenvalue weighted by molar-refractivity contribution is 0.0683. The van der Waals surface area contributed by atoms with E-state index < -0.39 is 6.10 Å². The topological polar surface area (TPSA) is 60.0 Å². The van der Waals surface area contributed by atoms with Gasteiger partial charge >= 0.3 is 0 Å². The number of hydrogen-bond donors (Lipinski definition) is 2. The van der Waals surface area contributed by atoms with Crippen LogP contribution in [0.15, 0.2) is 24.3 Å². The second kappa shape index (κ2) is 11.5. The van der Waals surface area contributed by atoms with E-state index in [1.54, 1.807) is 7.11 Å². The minimum Gasteiger partial charge on any atom is -0.491 e. The predicted molar refractivity (Wildman–Crippen MR) is 82.9 cm³/mol. The average Bonchev–Trinajstić information content (AvgIpc) is 2.49. The fourth-order valence-corrected chi connectivity index (χ4v) is 1.70. The van der Waals surface area contributed by atoms with Gasteiger partial charge in [0, 0.05) is 20.3 Å². The van der Waals surface area contributed by atoms with E-state index in [1.165, 1.54) is 5.56 Å². The van der Waals surface area contributed by atoms with E-state index in [9.17, 15) is 5.11 Å². The molecule has 0 amide bonds. The van der Waals surface area contributed by atoms with Crippen molar-refractivity contribution in [2.24, 2.45) is 0 Å². The lowest BCUT2D eigenvalue weighted by Gasteiger charge is -2.13. The molecule has 1 unspecified atom stereocenters. The van der Waals surface area contributed by atoms with Crippen molar-refractivity contribution in [1.82, 2.24) is 5.32 Å². The molecule has 0 bridgehead atoms. The highest BCUT2D eigenvalue weighted by Crippen LogP contribution is 2.11. The molecular formula is C16H27NO4. The smallest absolute Gasteiger partial charge is 0.119 e. The first-order valence-electron chi connectivity index (χ1n) is 7.37. The van der Waals surface area contributed by atoms with Gasteiger partial charge in [-0.3, -0.25) is 0 Å². The summed E-state index contributed by atoms with van der Waals surface area (Å²) in [6, 6.07) is 7.80. The van der Waals surface area contributed by atoms with Crippen molar-refractivity contribution in [3.8, 4) is 5.75 Å². The molecule has 1 rings (SSSR count). The number of nitrogens with one attached hydrogen (secondary N) is 1. The monoisotopic (exact) mass is 297 g/mol. The summed E-state index contributed by atoms with van der Waals surface area (Å²) < 4.78 is 15.7. The SMILES string of the molecule is COCCOCCCNCC(O)COc1ccc(C)cc1. The van der Waals surface area contributed by atoms with E-state index in [0.717, 1.165) is 18.7 Å². The lowest BCUT2D eigenvalue weighted by atomic mass is 10.2. The fraction of sp³-hybridized carbons (Fsp3) is 0.625. The van der Waals surface area contributed by atoms with Gasteiger partial charge in [-0.25, -0.2) is 0 Å². The Labute approximate surface area is 127 Å². The Morgan fingerprint density at radius 3 is 2.62 bits per heavy atom. The van der Waals surface area contributed by atoms with Crippen LogP contribution in [0, 0.1) is 6.92 Å². The molecule has 0 fully saturated rings. The van der Waals surface area contributed by atoms with Crippen molar-refractivity contribution >= 4 is 0 Å². The van der Waals surface area contributed by atoms with Gasteiger partial charge in [-0.2, -0.15) is 0 Å². The third-order valence-electron chi connectivity index (χ3n) is 2.92. The fourth-order valence-electron chi connectivity index (χ4n) is 1.70. The Balaban J connectivity index is 1.96. The normalized spacial score (nSPS) is 12.3. The van der Waals surface area contributed by atoms with E-state index in [4.69, 9.17) is 14.2 Å². The summed E-state index contributed by atoms with van der Waals surface area (Å²) in [5.41, 5.74) is 1.19. The molecule has 1 atom stereocenters. The van der Waals surface area contributed by atoms with Gasteiger partial charge in [-0.05, 0) is 32.0 Å². The van der Waals surface area contributed by atoms with Crippen LogP contribution in [0.5, 0.6) is 5.75 Å². The molecule has 5 heteroatoms. The molecule has 0 spiro atoms. The molecule has 0 aromatic heterocycles. The number of aliphatic hydroxyl groups is 1. The van der Waals surface area contributed by atoms with Gasteiger partial charge < -0.3 is 24.6 Å². The number of rotatable bonds is 12. The zero-order valence-electron chi connectivity index (χ0n) is 13.0. The van der Waals surface area contributed by atoms with E-state index in [2.05, 4.69) is 5.32 Å². The highest BCUT2D eigenvalue weighted by Gasteiger charge is 2.04. The number of methoxy groups -OCH3 is 1. The molecule has 1 aromatic rings. The van der Waals surface area contributed by atoms with Crippen LogP contribution >= 0.6 is 0 Å². The third-order valence-corrected chi connectivity index (χ3v) is 2.92.